The topological polar surface area (TPSA) is 84.6 Å². The number of carbonyl (C=O) groups excluding carboxylic acids is 1. The van der Waals surface area contributed by atoms with Gasteiger partial charge in [-0.05, 0) is 39.0 Å². The lowest BCUT2D eigenvalue weighted by Crippen LogP contribution is -2.15. The van der Waals surface area contributed by atoms with Crippen LogP contribution in [0.1, 0.15) is 29.5 Å². The molecule has 0 atom stereocenters. The van der Waals surface area contributed by atoms with E-state index in [9.17, 15) is 9.90 Å². The normalized spacial score (nSPS) is 10.5. The number of amides is 1. The smallest absolute Gasteiger partial charge is 0.228 e. The summed E-state index contributed by atoms with van der Waals surface area (Å²) in [6.07, 6.45) is 0.197. The van der Waals surface area contributed by atoms with Crippen molar-refractivity contribution >= 4 is 11.6 Å². The van der Waals surface area contributed by atoms with Gasteiger partial charge >= 0.3 is 0 Å². The van der Waals surface area contributed by atoms with Crippen LogP contribution in [0.3, 0.4) is 0 Å². The molecule has 0 aliphatic carbocycles. The maximum atomic E-state index is 12.1. The van der Waals surface area contributed by atoms with Crippen LogP contribution >= 0.6 is 0 Å². The largest absolute Gasteiger partial charge is 0.494 e. The SMILES string of the molecule is CCOc1ccc(NC(=O)Cc2c(C)noc2C)cc1CO. The zero-order chi connectivity index (χ0) is 16.1. The van der Waals surface area contributed by atoms with Gasteiger partial charge < -0.3 is 19.7 Å². The lowest BCUT2D eigenvalue weighted by Gasteiger charge is -2.11. The molecule has 6 heteroatoms. The van der Waals surface area contributed by atoms with Crippen molar-refractivity contribution in [1.29, 1.82) is 0 Å². The molecule has 22 heavy (non-hydrogen) atoms. The fraction of sp³-hybridized carbons (Fsp3) is 0.375. The molecular weight excluding hydrogens is 284 g/mol. The minimum absolute atomic E-state index is 0.150. The van der Waals surface area contributed by atoms with Crippen molar-refractivity contribution in [2.24, 2.45) is 0 Å². The summed E-state index contributed by atoms with van der Waals surface area (Å²) in [5.41, 5.74) is 2.77. The van der Waals surface area contributed by atoms with Crippen LogP contribution in [0.2, 0.25) is 0 Å². The number of nitrogens with one attached hydrogen (secondary N) is 1. The Morgan fingerprint density at radius 1 is 1.41 bits per heavy atom. The second kappa shape index (κ2) is 7.09. The Bertz CT molecular complexity index is 645. The fourth-order valence-electron chi connectivity index (χ4n) is 2.20. The van der Waals surface area contributed by atoms with Crippen molar-refractivity contribution in [1.82, 2.24) is 5.16 Å². The Labute approximate surface area is 129 Å². The summed E-state index contributed by atoms with van der Waals surface area (Å²) in [5.74, 6) is 1.10. The molecular formula is C16H20N2O4. The number of hydrogen-bond donors (Lipinski definition) is 2. The standard InChI is InChI=1S/C16H20N2O4/c1-4-21-15-6-5-13(7-12(15)9-19)17-16(20)8-14-10(2)18-22-11(14)3/h5-7,19H,4,8-9H2,1-3H3,(H,17,20). The molecule has 1 aromatic heterocycles. The Hall–Kier alpha value is -2.34. The third kappa shape index (κ3) is 3.65. The number of anilines is 1. The van der Waals surface area contributed by atoms with Crippen molar-refractivity contribution in [3.8, 4) is 5.75 Å². The summed E-state index contributed by atoms with van der Waals surface area (Å²) < 4.78 is 10.5. The molecule has 1 amide bonds. The number of aliphatic hydroxyl groups is 1. The highest BCUT2D eigenvalue weighted by atomic mass is 16.5. The van der Waals surface area contributed by atoms with Crippen LogP contribution in [0.4, 0.5) is 5.69 Å². The van der Waals surface area contributed by atoms with E-state index in [2.05, 4.69) is 10.5 Å². The van der Waals surface area contributed by atoms with Crippen molar-refractivity contribution in [2.45, 2.75) is 33.8 Å². The highest BCUT2D eigenvalue weighted by Crippen LogP contribution is 2.23. The van der Waals surface area contributed by atoms with Gasteiger partial charge in [0.25, 0.3) is 0 Å². The maximum Gasteiger partial charge on any atom is 0.228 e. The van der Waals surface area contributed by atoms with Gasteiger partial charge in [0, 0.05) is 16.8 Å². The first-order chi connectivity index (χ1) is 10.5. The predicted molar refractivity (Wildman–Crippen MR) is 81.8 cm³/mol. The van der Waals surface area contributed by atoms with E-state index in [1.165, 1.54) is 0 Å². The summed E-state index contributed by atoms with van der Waals surface area (Å²) in [6.45, 7) is 5.83. The maximum absolute atomic E-state index is 12.1. The van der Waals surface area contributed by atoms with E-state index in [-0.39, 0.29) is 18.9 Å². The molecule has 1 aromatic carbocycles. The average Bonchev–Trinajstić information content (AvgIpc) is 2.81. The average molecular weight is 304 g/mol. The van der Waals surface area contributed by atoms with Gasteiger partial charge in [0.05, 0.1) is 25.3 Å². The summed E-state index contributed by atoms with van der Waals surface area (Å²) >= 11 is 0. The van der Waals surface area contributed by atoms with Gasteiger partial charge in [0.2, 0.25) is 5.91 Å². The first-order valence-corrected chi connectivity index (χ1v) is 7.13. The third-order valence-corrected chi connectivity index (χ3v) is 3.33. The zero-order valence-electron chi connectivity index (χ0n) is 13.0. The van der Waals surface area contributed by atoms with Crippen LogP contribution in [-0.2, 0) is 17.8 Å². The molecule has 2 N–H and O–H groups in total. The van der Waals surface area contributed by atoms with E-state index >= 15 is 0 Å². The van der Waals surface area contributed by atoms with E-state index in [1.807, 2.05) is 6.92 Å². The van der Waals surface area contributed by atoms with Crippen LogP contribution in [0.25, 0.3) is 0 Å². The minimum Gasteiger partial charge on any atom is -0.494 e. The van der Waals surface area contributed by atoms with Gasteiger partial charge in [0.15, 0.2) is 0 Å². The number of ether oxygens (including phenoxy) is 1. The van der Waals surface area contributed by atoms with Crippen LogP contribution in [0.5, 0.6) is 5.75 Å². The van der Waals surface area contributed by atoms with Gasteiger partial charge in [-0.1, -0.05) is 5.16 Å². The first kappa shape index (κ1) is 16.0. The van der Waals surface area contributed by atoms with E-state index in [1.54, 1.807) is 32.0 Å². The van der Waals surface area contributed by atoms with Gasteiger partial charge in [-0.25, -0.2) is 0 Å². The van der Waals surface area contributed by atoms with Crippen LogP contribution in [0, 0.1) is 13.8 Å². The lowest BCUT2D eigenvalue weighted by molar-refractivity contribution is -0.115. The Morgan fingerprint density at radius 3 is 2.77 bits per heavy atom. The highest BCUT2D eigenvalue weighted by Gasteiger charge is 2.14. The van der Waals surface area contributed by atoms with Gasteiger partial charge in [-0.15, -0.1) is 0 Å². The summed E-state index contributed by atoms with van der Waals surface area (Å²) in [6, 6.07) is 5.19. The number of hydrogen-bond acceptors (Lipinski definition) is 5. The van der Waals surface area contributed by atoms with Crippen molar-refractivity contribution < 1.29 is 19.2 Å². The molecule has 0 aliphatic heterocycles. The Morgan fingerprint density at radius 2 is 2.18 bits per heavy atom. The Kier molecular flexibility index (Phi) is 5.16. The molecule has 0 spiro atoms. The number of rotatable bonds is 6. The third-order valence-electron chi connectivity index (χ3n) is 3.33. The summed E-state index contributed by atoms with van der Waals surface area (Å²) in [4.78, 5) is 12.1. The first-order valence-electron chi connectivity index (χ1n) is 7.13. The second-order valence-electron chi connectivity index (χ2n) is 4.94. The highest BCUT2D eigenvalue weighted by molar-refractivity contribution is 5.92. The number of benzene rings is 1. The molecule has 6 nitrogen and oxygen atoms in total. The van der Waals surface area contributed by atoms with Crippen molar-refractivity contribution in [3.63, 3.8) is 0 Å². The molecule has 118 valence electrons. The number of aliphatic hydroxyl groups excluding tert-OH is 1. The van der Waals surface area contributed by atoms with E-state index in [0.29, 0.717) is 29.4 Å². The minimum atomic E-state index is -0.164. The zero-order valence-corrected chi connectivity index (χ0v) is 13.0. The summed E-state index contributed by atoms with van der Waals surface area (Å²) in [7, 11) is 0. The number of carbonyl (C=O) groups is 1. The molecule has 1 heterocycles. The molecule has 0 bridgehead atoms. The molecule has 2 aromatic rings. The second-order valence-corrected chi connectivity index (χ2v) is 4.94. The van der Waals surface area contributed by atoms with Crippen LogP contribution in [0.15, 0.2) is 22.7 Å². The van der Waals surface area contributed by atoms with Gasteiger partial charge in [-0.3, -0.25) is 4.79 Å². The molecule has 0 saturated carbocycles. The molecule has 2 rings (SSSR count). The fourth-order valence-corrected chi connectivity index (χ4v) is 2.20. The number of aryl methyl sites for hydroxylation is 2. The van der Waals surface area contributed by atoms with Crippen molar-refractivity contribution in [3.05, 3.63) is 40.8 Å². The molecule has 0 aliphatic rings. The number of aromatic nitrogens is 1. The van der Waals surface area contributed by atoms with Crippen LogP contribution in [-0.4, -0.2) is 22.8 Å². The molecule has 0 saturated heterocycles. The summed E-state index contributed by atoms with van der Waals surface area (Å²) in [5, 5.41) is 16.0. The number of nitrogens with zero attached hydrogens (tertiary/aromatic N) is 1. The van der Waals surface area contributed by atoms with Gasteiger partial charge in [-0.2, -0.15) is 0 Å². The van der Waals surface area contributed by atoms with E-state index in [0.717, 1.165) is 11.3 Å². The molecule has 0 fully saturated rings. The molecule has 0 radical (unpaired) electrons. The van der Waals surface area contributed by atoms with E-state index < -0.39 is 0 Å². The van der Waals surface area contributed by atoms with Crippen LogP contribution < -0.4 is 10.1 Å². The van der Waals surface area contributed by atoms with Crippen molar-refractivity contribution in [2.75, 3.05) is 11.9 Å². The predicted octanol–water partition coefficient (Wildman–Crippen LogP) is 2.36. The quantitative estimate of drug-likeness (QED) is 0.856. The molecule has 0 unspecified atom stereocenters. The van der Waals surface area contributed by atoms with E-state index in [4.69, 9.17) is 9.26 Å². The monoisotopic (exact) mass is 304 g/mol. The lowest BCUT2D eigenvalue weighted by atomic mass is 10.1. The van der Waals surface area contributed by atoms with Gasteiger partial charge in [0.1, 0.15) is 11.5 Å². The Balaban J connectivity index is 2.08.